The molecule has 1 atom stereocenters. The summed E-state index contributed by atoms with van der Waals surface area (Å²) in [6.07, 6.45) is 0. The third-order valence-electron chi connectivity index (χ3n) is 4.11. The van der Waals surface area contributed by atoms with Crippen LogP contribution in [0.5, 0.6) is 5.75 Å². The molecule has 0 bridgehead atoms. The molecule has 7 nitrogen and oxygen atoms in total. The van der Waals surface area contributed by atoms with Crippen LogP contribution in [0, 0.1) is 6.92 Å². The molecule has 3 aromatic rings. The van der Waals surface area contributed by atoms with E-state index >= 15 is 0 Å². The van der Waals surface area contributed by atoms with Gasteiger partial charge in [0.2, 0.25) is 5.91 Å². The van der Waals surface area contributed by atoms with Gasteiger partial charge >= 0.3 is 0 Å². The molecule has 0 unspecified atom stereocenters. The minimum atomic E-state index is -0.558. The van der Waals surface area contributed by atoms with Crippen LogP contribution in [-0.2, 0) is 11.3 Å². The van der Waals surface area contributed by atoms with Crippen molar-refractivity contribution in [3.63, 3.8) is 0 Å². The summed E-state index contributed by atoms with van der Waals surface area (Å²) in [5, 5.41) is 4.36. The van der Waals surface area contributed by atoms with E-state index in [1.165, 1.54) is 23.1 Å². The van der Waals surface area contributed by atoms with Gasteiger partial charge in [0.25, 0.3) is 0 Å². The average molecular weight is 431 g/mol. The molecule has 1 amide bonds. The lowest BCUT2D eigenvalue weighted by atomic mass is 10.2. The zero-order chi connectivity index (χ0) is 21.0. The van der Waals surface area contributed by atoms with Crippen molar-refractivity contribution in [2.75, 3.05) is 12.9 Å². The fourth-order valence-corrected chi connectivity index (χ4v) is 4.51. The number of carbonyl (C=O) groups excluding carboxylic acids is 2. The minimum absolute atomic E-state index is 0.0112. The third-order valence-corrected chi connectivity index (χ3v) is 6.22. The molecule has 3 N–H and O–H groups in total. The highest BCUT2D eigenvalue weighted by molar-refractivity contribution is 8.00. The van der Waals surface area contributed by atoms with Crippen LogP contribution in [0.25, 0.3) is 10.9 Å². The molecule has 0 radical (unpaired) electrons. The molecule has 0 aliphatic heterocycles. The second-order valence-electron chi connectivity index (χ2n) is 6.44. The van der Waals surface area contributed by atoms with Crippen molar-refractivity contribution in [2.24, 2.45) is 5.73 Å². The van der Waals surface area contributed by atoms with Crippen LogP contribution in [0.2, 0.25) is 0 Å². The van der Waals surface area contributed by atoms with Gasteiger partial charge < -0.3 is 15.8 Å². The molecule has 0 saturated carbocycles. The maximum atomic E-state index is 12.6. The van der Waals surface area contributed by atoms with Gasteiger partial charge in [-0.15, -0.1) is 11.3 Å². The Hall–Kier alpha value is -2.49. The van der Waals surface area contributed by atoms with E-state index in [1.54, 1.807) is 20.1 Å². The van der Waals surface area contributed by atoms with E-state index < -0.39 is 6.04 Å². The lowest BCUT2D eigenvalue weighted by Crippen LogP contribution is -2.37. The van der Waals surface area contributed by atoms with Gasteiger partial charge in [-0.25, -0.2) is 9.97 Å². The summed E-state index contributed by atoms with van der Waals surface area (Å²) in [7, 11) is 1.61. The predicted octanol–water partition coefficient (Wildman–Crippen LogP) is 2.95. The number of thiophene rings is 1. The van der Waals surface area contributed by atoms with Gasteiger partial charge in [-0.05, 0) is 44.2 Å². The number of rotatable bonds is 8. The molecule has 0 aliphatic carbocycles. The lowest BCUT2D eigenvalue weighted by molar-refractivity contribution is -0.122. The van der Waals surface area contributed by atoms with Crippen molar-refractivity contribution >= 4 is 45.7 Å². The first-order chi connectivity index (χ1) is 13.9. The summed E-state index contributed by atoms with van der Waals surface area (Å²) in [6.45, 7) is 3.82. The Morgan fingerprint density at radius 3 is 2.79 bits per heavy atom. The molecule has 29 heavy (non-hydrogen) atoms. The highest BCUT2D eigenvalue weighted by Crippen LogP contribution is 2.29. The maximum Gasteiger partial charge on any atom is 0.236 e. The summed E-state index contributed by atoms with van der Waals surface area (Å²) in [4.78, 5) is 34.7. The molecule has 9 heteroatoms. The fraction of sp³-hybridized carbons (Fsp3) is 0.300. The number of ketones is 1. The van der Waals surface area contributed by atoms with Crippen LogP contribution in [0.15, 0.2) is 35.4 Å². The number of nitrogens with two attached hydrogens (primary N) is 1. The van der Waals surface area contributed by atoms with Gasteiger partial charge in [-0.2, -0.15) is 0 Å². The SMILES string of the molecule is COc1ccc2nc(C)nc(SCC(=O)c3ccc(CNC(=O)[C@H](C)N)s3)c2c1. The highest BCUT2D eigenvalue weighted by atomic mass is 32.2. The molecule has 3 rings (SSSR count). The topological polar surface area (TPSA) is 107 Å². The largest absolute Gasteiger partial charge is 0.497 e. The fourth-order valence-electron chi connectivity index (χ4n) is 2.59. The summed E-state index contributed by atoms with van der Waals surface area (Å²) >= 11 is 2.75. The molecule has 1 aromatic carbocycles. The Bertz CT molecular complexity index is 1050. The number of Topliss-reactive ketones (excluding diaryl/α,β-unsaturated/α-hetero) is 1. The number of ether oxygens (including phenoxy) is 1. The standard InChI is InChI=1S/C20H22N4O3S2/c1-11(21)19(26)22-9-14-5-7-18(29-14)17(25)10-28-20-15-8-13(27-3)4-6-16(15)23-12(2)24-20/h4-8,11H,9-10,21H2,1-3H3,(H,22,26)/t11-/m0/s1. The zero-order valence-electron chi connectivity index (χ0n) is 16.4. The normalized spacial score (nSPS) is 12.0. The number of thioether (sulfide) groups is 1. The van der Waals surface area contributed by atoms with Gasteiger partial charge in [0.1, 0.15) is 16.6 Å². The van der Waals surface area contributed by atoms with E-state index in [0.29, 0.717) is 17.2 Å². The van der Waals surface area contributed by atoms with Gasteiger partial charge in [0.15, 0.2) is 5.78 Å². The number of hydrogen-bond acceptors (Lipinski definition) is 8. The minimum Gasteiger partial charge on any atom is -0.497 e. The van der Waals surface area contributed by atoms with Crippen molar-refractivity contribution in [3.05, 3.63) is 45.9 Å². The first-order valence-corrected chi connectivity index (χ1v) is 10.8. The summed E-state index contributed by atoms with van der Waals surface area (Å²) in [5.74, 6) is 1.42. The second-order valence-corrected chi connectivity index (χ2v) is 8.58. The summed E-state index contributed by atoms with van der Waals surface area (Å²) in [5.41, 5.74) is 6.35. The molecule has 0 fully saturated rings. The Morgan fingerprint density at radius 2 is 2.07 bits per heavy atom. The van der Waals surface area contributed by atoms with Gasteiger partial charge in [0, 0.05) is 10.3 Å². The Balaban J connectivity index is 1.69. The number of hydrogen-bond donors (Lipinski definition) is 2. The first kappa shape index (κ1) is 21.2. The Kier molecular flexibility index (Phi) is 6.83. The van der Waals surface area contributed by atoms with Crippen LogP contribution in [0.4, 0.5) is 0 Å². The van der Waals surface area contributed by atoms with E-state index in [0.717, 1.165) is 26.6 Å². The number of methoxy groups -OCH3 is 1. The molecular weight excluding hydrogens is 408 g/mol. The lowest BCUT2D eigenvalue weighted by Gasteiger charge is -2.08. The number of amides is 1. The van der Waals surface area contributed by atoms with Crippen LogP contribution in [-0.4, -0.2) is 40.6 Å². The number of carbonyl (C=O) groups is 2. The summed E-state index contributed by atoms with van der Waals surface area (Å²) < 4.78 is 5.29. The van der Waals surface area contributed by atoms with E-state index in [-0.39, 0.29) is 17.4 Å². The van der Waals surface area contributed by atoms with E-state index in [2.05, 4.69) is 15.3 Å². The van der Waals surface area contributed by atoms with E-state index in [4.69, 9.17) is 10.5 Å². The van der Waals surface area contributed by atoms with Crippen LogP contribution in [0.3, 0.4) is 0 Å². The van der Waals surface area contributed by atoms with Crippen molar-refractivity contribution < 1.29 is 14.3 Å². The molecular formula is C20H22N4O3S2. The van der Waals surface area contributed by atoms with Crippen molar-refractivity contribution in [1.29, 1.82) is 0 Å². The zero-order valence-corrected chi connectivity index (χ0v) is 18.0. The first-order valence-electron chi connectivity index (χ1n) is 8.97. The van der Waals surface area contributed by atoms with Gasteiger partial charge in [-0.1, -0.05) is 11.8 Å². The van der Waals surface area contributed by atoms with Crippen molar-refractivity contribution in [3.8, 4) is 5.75 Å². The monoisotopic (exact) mass is 430 g/mol. The number of nitrogens with one attached hydrogen (secondary N) is 1. The highest BCUT2D eigenvalue weighted by Gasteiger charge is 2.14. The van der Waals surface area contributed by atoms with Crippen molar-refractivity contribution in [1.82, 2.24) is 15.3 Å². The molecule has 152 valence electrons. The average Bonchev–Trinajstić information content (AvgIpc) is 3.18. The van der Waals surface area contributed by atoms with Crippen LogP contribution >= 0.6 is 23.1 Å². The number of fused-ring (bicyclic) bond motifs is 1. The quantitative estimate of drug-likeness (QED) is 0.321. The Morgan fingerprint density at radius 1 is 1.28 bits per heavy atom. The third kappa shape index (κ3) is 5.31. The van der Waals surface area contributed by atoms with Gasteiger partial charge in [-0.3, -0.25) is 9.59 Å². The molecule has 0 saturated heterocycles. The maximum absolute atomic E-state index is 12.6. The van der Waals surface area contributed by atoms with E-state index in [9.17, 15) is 9.59 Å². The van der Waals surface area contributed by atoms with Crippen LogP contribution in [0.1, 0.15) is 27.3 Å². The number of aromatic nitrogens is 2. The van der Waals surface area contributed by atoms with Crippen LogP contribution < -0.4 is 15.8 Å². The summed E-state index contributed by atoms with van der Waals surface area (Å²) in [6, 6.07) is 8.69. The van der Waals surface area contributed by atoms with E-state index in [1.807, 2.05) is 31.2 Å². The number of benzene rings is 1. The second kappa shape index (κ2) is 9.34. The van der Waals surface area contributed by atoms with Gasteiger partial charge in [0.05, 0.1) is 35.8 Å². The Labute approximate surface area is 177 Å². The number of aryl methyl sites for hydroxylation is 1. The molecule has 0 spiro atoms. The number of nitrogens with zero attached hydrogens (tertiary/aromatic N) is 2. The molecule has 2 aromatic heterocycles. The molecule has 2 heterocycles. The predicted molar refractivity (Wildman–Crippen MR) is 116 cm³/mol. The van der Waals surface area contributed by atoms with Crippen molar-refractivity contribution in [2.45, 2.75) is 31.5 Å². The smallest absolute Gasteiger partial charge is 0.236 e. The molecule has 0 aliphatic rings.